The zero-order chi connectivity index (χ0) is 10.8. The van der Waals surface area contributed by atoms with Gasteiger partial charge < -0.3 is 0 Å². The predicted octanol–water partition coefficient (Wildman–Crippen LogP) is 4.13. The standard InChI is InChI=1S/C15H24/c1-9(2)11-7-8-15(4)12-6-5-10(3)14(15)13(11)12/h5-6,9-14H,7-8H2,1-4H3/t10?,11-,12-,13?,14-,15?/m1/s1. The van der Waals surface area contributed by atoms with E-state index in [-0.39, 0.29) is 0 Å². The quantitative estimate of drug-likeness (QED) is 0.563. The topological polar surface area (TPSA) is 0 Å². The van der Waals surface area contributed by atoms with Crippen molar-refractivity contribution < 1.29 is 0 Å². The first-order valence-electron chi connectivity index (χ1n) is 6.74. The molecule has 0 aromatic carbocycles. The van der Waals surface area contributed by atoms with Crippen LogP contribution < -0.4 is 0 Å². The van der Waals surface area contributed by atoms with Crippen molar-refractivity contribution in [2.45, 2.75) is 40.5 Å². The van der Waals surface area contributed by atoms with E-state index in [0.29, 0.717) is 5.41 Å². The van der Waals surface area contributed by atoms with Crippen LogP contribution in [0.3, 0.4) is 0 Å². The van der Waals surface area contributed by atoms with Crippen molar-refractivity contribution in [1.29, 1.82) is 0 Å². The molecule has 0 radical (unpaired) electrons. The van der Waals surface area contributed by atoms with Gasteiger partial charge in [0.25, 0.3) is 0 Å². The molecule has 6 atom stereocenters. The van der Waals surface area contributed by atoms with Crippen LogP contribution in [0.4, 0.5) is 0 Å². The zero-order valence-corrected chi connectivity index (χ0v) is 10.5. The van der Waals surface area contributed by atoms with Gasteiger partial charge in [-0.05, 0) is 53.8 Å². The minimum atomic E-state index is 0.685. The SMILES string of the molecule is CC(C)[C@H]1CCC2(C)[C@@H]3C(C)C=C[C@@H]2C13. The van der Waals surface area contributed by atoms with Gasteiger partial charge in [-0.3, -0.25) is 0 Å². The van der Waals surface area contributed by atoms with Crippen LogP contribution in [0.1, 0.15) is 40.5 Å². The van der Waals surface area contributed by atoms with E-state index in [9.17, 15) is 0 Å². The molecular formula is C15H24. The molecule has 0 spiro atoms. The molecule has 0 heterocycles. The van der Waals surface area contributed by atoms with Gasteiger partial charge in [0.2, 0.25) is 0 Å². The van der Waals surface area contributed by atoms with Crippen LogP contribution in [0.2, 0.25) is 0 Å². The lowest BCUT2D eigenvalue weighted by molar-refractivity contribution is -0.192. The summed E-state index contributed by atoms with van der Waals surface area (Å²) in [5, 5.41) is 0. The Bertz CT molecular complexity index is 301. The summed E-state index contributed by atoms with van der Waals surface area (Å²) in [5.74, 6) is 5.71. The number of hydrogen-bond acceptors (Lipinski definition) is 0. The maximum atomic E-state index is 2.56. The fourth-order valence-electron chi connectivity index (χ4n) is 5.23. The first-order chi connectivity index (χ1) is 7.05. The monoisotopic (exact) mass is 204 g/mol. The lowest BCUT2D eigenvalue weighted by atomic mass is 9.34. The molecule has 84 valence electrons. The van der Waals surface area contributed by atoms with Crippen LogP contribution in [0.5, 0.6) is 0 Å². The summed E-state index contributed by atoms with van der Waals surface area (Å²) in [5.41, 5.74) is 0.685. The first kappa shape index (κ1) is 9.93. The maximum absolute atomic E-state index is 2.56. The maximum Gasteiger partial charge on any atom is -0.0142 e. The highest BCUT2D eigenvalue weighted by Crippen LogP contribution is 2.71. The van der Waals surface area contributed by atoms with E-state index in [2.05, 4.69) is 39.8 Å². The van der Waals surface area contributed by atoms with Crippen molar-refractivity contribution in [2.24, 2.45) is 40.9 Å². The van der Waals surface area contributed by atoms with E-state index >= 15 is 0 Å². The Labute approximate surface area is 94.1 Å². The Kier molecular flexibility index (Phi) is 1.92. The van der Waals surface area contributed by atoms with E-state index < -0.39 is 0 Å². The minimum absolute atomic E-state index is 0.685. The van der Waals surface area contributed by atoms with Crippen LogP contribution >= 0.6 is 0 Å². The van der Waals surface area contributed by atoms with E-state index in [1.54, 1.807) is 0 Å². The molecule has 3 fully saturated rings. The van der Waals surface area contributed by atoms with Crippen molar-refractivity contribution >= 4 is 0 Å². The molecule has 4 bridgehead atoms. The lowest BCUT2D eigenvalue weighted by Crippen LogP contribution is -2.64. The molecule has 0 saturated heterocycles. The van der Waals surface area contributed by atoms with Gasteiger partial charge in [0, 0.05) is 0 Å². The van der Waals surface area contributed by atoms with Crippen molar-refractivity contribution in [3.05, 3.63) is 12.2 Å². The van der Waals surface area contributed by atoms with Crippen LogP contribution in [-0.2, 0) is 0 Å². The van der Waals surface area contributed by atoms with Gasteiger partial charge in [-0.2, -0.15) is 0 Å². The third kappa shape index (κ3) is 1.04. The van der Waals surface area contributed by atoms with E-state index in [4.69, 9.17) is 0 Å². The lowest BCUT2D eigenvalue weighted by Gasteiger charge is -2.70. The smallest absolute Gasteiger partial charge is 0.0142 e. The molecule has 4 aliphatic carbocycles. The molecule has 15 heavy (non-hydrogen) atoms. The molecule has 4 rings (SSSR count). The van der Waals surface area contributed by atoms with Crippen LogP contribution in [0.15, 0.2) is 12.2 Å². The fourth-order valence-corrected chi connectivity index (χ4v) is 5.23. The second-order valence-electron chi connectivity index (χ2n) is 6.83. The largest absolute Gasteiger partial charge is 0.0851 e. The number of fused-ring (bicyclic) bond motifs is 2. The van der Waals surface area contributed by atoms with Gasteiger partial charge in [-0.25, -0.2) is 0 Å². The molecule has 0 heteroatoms. The highest BCUT2D eigenvalue weighted by atomic mass is 14.7. The second kappa shape index (κ2) is 2.90. The van der Waals surface area contributed by atoms with E-state index in [1.165, 1.54) is 12.8 Å². The fraction of sp³-hybridized carbons (Fsp3) is 0.867. The molecule has 0 amide bonds. The Morgan fingerprint density at radius 1 is 1.27 bits per heavy atom. The minimum Gasteiger partial charge on any atom is -0.0851 e. The second-order valence-corrected chi connectivity index (χ2v) is 6.83. The number of hydrogen-bond donors (Lipinski definition) is 0. The Hall–Kier alpha value is -0.260. The Balaban J connectivity index is 1.95. The molecule has 3 saturated carbocycles. The van der Waals surface area contributed by atoms with Gasteiger partial charge in [-0.15, -0.1) is 0 Å². The summed E-state index contributed by atoms with van der Waals surface area (Å²) >= 11 is 0. The summed E-state index contributed by atoms with van der Waals surface area (Å²) < 4.78 is 0. The Morgan fingerprint density at radius 2 is 2.00 bits per heavy atom. The highest BCUT2D eigenvalue weighted by Gasteiger charge is 2.65. The van der Waals surface area contributed by atoms with E-state index in [1.807, 2.05) is 0 Å². The predicted molar refractivity (Wildman–Crippen MR) is 64.4 cm³/mol. The molecule has 4 aliphatic rings. The first-order valence-corrected chi connectivity index (χ1v) is 6.74. The van der Waals surface area contributed by atoms with E-state index in [0.717, 1.165) is 35.5 Å². The van der Waals surface area contributed by atoms with Gasteiger partial charge in [-0.1, -0.05) is 39.8 Å². The summed E-state index contributed by atoms with van der Waals surface area (Å²) in [6.45, 7) is 9.84. The number of allylic oxidation sites excluding steroid dienone is 2. The van der Waals surface area contributed by atoms with Crippen molar-refractivity contribution in [2.75, 3.05) is 0 Å². The molecule has 0 N–H and O–H groups in total. The normalized spacial score (nSPS) is 56.7. The average Bonchev–Trinajstić information content (AvgIpc) is 2.17. The van der Waals surface area contributed by atoms with Crippen molar-refractivity contribution in [3.63, 3.8) is 0 Å². The van der Waals surface area contributed by atoms with Gasteiger partial charge in [0.1, 0.15) is 0 Å². The Morgan fingerprint density at radius 3 is 2.60 bits per heavy atom. The summed E-state index contributed by atoms with van der Waals surface area (Å²) in [7, 11) is 0. The summed E-state index contributed by atoms with van der Waals surface area (Å²) in [4.78, 5) is 0. The molecule has 0 aromatic heterocycles. The van der Waals surface area contributed by atoms with Crippen LogP contribution in [0.25, 0.3) is 0 Å². The van der Waals surface area contributed by atoms with Gasteiger partial charge >= 0.3 is 0 Å². The van der Waals surface area contributed by atoms with Crippen LogP contribution in [0, 0.1) is 40.9 Å². The third-order valence-electron chi connectivity index (χ3n) is 5.91. The van der Waals surface area contributed by atoms with Gasteiger partial charge in [0.15, 0.2) is 0 Å². The zero-order valence-electron chi connectivity index (χ0n) is 10.5. The molecule has 0 aromatic rings. The summed E-state index contributed by atoms with van der Waals surface area (Å²) in [6.07, 6.45) is 8.02. The third-order valence-corrected chi connectivity index (χ3v) is 5.91. The number of rotatable bonds is 1. The molecule has 0 nitrogen and oxygen atoms in total. The molecule has 3 unspecified atom stereocenters. The highest BCUT2D eigenvalue weighted by molar-refractivity contribution is 5.24. The molecule has 0 aliphatic heterocycles. The average molecular weight is 204 g/mol. The van der Waals surface area contributed by atoms with Crippen molar-refractivity contribution in [1.82, 2.24) is 0 Å². The molecular weight excluding hydrogens is 180 g/mol. The van der Waals surface area contributed by atoms with Crippen LogP contribution in [-0.4, -0.2) is 0 Å². The van der Waals surface area contributed by atoms with Gasteiger partial charge in [0.05, 0.1) is 0 Å². The van der Waals surface area contributed by atoms with Crippen molar-refractivity contribution in [3.8, 4) is 0 Å². The summed E-state index contributed by atoms with van der Waals surface area (Å²) in [6, 6.07) is 0.